The van der Waals surface area contributed by atoms with Gasteiger partial charge in [0.05, 0.1) is 0 Å². The molecule has 0 aliphatic heterocycles. The number of aromatic nitrogens is 1. The van der Waals surface area contributed by atoms with E-state index in [4.69, 9.17) is 11.3 Å². The van der Waals surface area contributed by atoms with E-state index in [9.17, 15) is 0 Å². The summed E-state index contributed by atoms with van der Waals surface area (Å²) >= 11 is 0. The van der Waals surface area contributed by atoms with Crippen molar-refractivity contribution in [3.8, 4) is 5.69 Å². The minimum atomic E-state index is -2.43. The highest BCUT2D eigenvalue weighted by molar-refractivity contribution is 6.07. The summed E-state index contributed by atoms with van der Waals surface area (Å²) in [6.45, 7) is 6.73. The Labute approximate surface area is 168 Å². The summed E-state index contributed by atoms with van der Waals surface area (Å²) in [5.74, 6) is 0. The van der Waals surface area contributed by atoms with E-state index < -0.39 is 18.6 Å². The quantitative estimate of drug-likeness (QED) is 0.378. The number of furan rings is 1. The number of rotatable bonds is 2. The van der Waals surface area contributed by atoms with Crippen LogP contribution >= 0.6 is 0 Å². The third kappa shape index (κ3) is 3.14. The molecule has 0 bridgehead atoms. The molecule has 0 unspecified atom stereocenters. The van der Waals surface area contributed by atoms with Gasteiger partial charge in [0.1, 0.15) is 5.58 Å². The van der Waals surface area contributed by atoms with Gasteiger partial charge in [-0.25, -0.2) is 0 Å². The molecule has 0 spiro atoms. The van der Waals surface area contributed by atoms with E-state index in [0.717, 1.165) is 27.6 Å². The van der Waals surface area contributed by atoms with Crippen molar-refractivity contribution in [2.45, 2.75) is 47.8 Å². The van der Waals surface area contributed by atoms with Crippen LogP contribution in [0.15, 0.2) is 53.1 Å². The number of para-hydroxylation sites is 1. The summed E-state index contributed by atoms with van der Waals surface area (Å²) in [7, 11) is 0. The molecule has 2 nitrogen and oxygen atoms in total. The lowest BCUT2D eigenvalue weighted by Crippen LogP contribution is -2.36. The summed E-state index contributed by atoms with van der Waals surface area (Å²) in [4.78, 5) is 0. The number of pyridine rings is 1. The van der Waals surface area contributed by atoms with E-state index in [-0.39, 0.29) is 11.1 Å². The third-order valence-corrected chi connectivity index (χ3v) is 4.75. The Morgan fingerprint density at radius 3 is 2.56 bits per heavy atom. The average Bonchev–Trinajstić information content (AvgIpc) is 3.05. The maximum Gasteiger partial charge on any atom is 0.257 e. The Bertz CT molecular complexity index is 1340. The highest BCUT2D eigenvalue weighted by Gasteiger charge is 2.24. The molecule has 0 aliphatic carbocycles. The van der Waals surface area contributed by atoms with Crippen LogP contribution in [0.25, 0.3) is 27.6 Å². The van der Waals surface area contributed by atoms with Crippen LogP contribution < -0.4 is 4.57 Å². The van der Waals surface area contributed by atoms with E-state index in [1.54, 1.807) is 33.0 Å². The van der Waals surface area contributed by atoms with Crippen molar-refractivity contribution in [1.29, 1.82) is 0 Å². The molecule has 0 saturated carbocycles. The summed E-state index contributed by atoms with van der Waals surface area (Å²) < 4.78 is 50.0. The van der Waals surface area contributed by atoms with Crippen LogP contribution in [-0.4, -0.2) is 0 Å². The van der Waals surface area contributed by atoms with Crippen LogP contribution in [0.2, 0.25) is 0 Å². The highest BCUT2D eigenvalue weighted by atomic mass is 16.3. The number of aryl methyl sites for hydroxylation is 3. The number of hydrogen-bond acceptors (Lipinski definition) is 1. The highest BCUT2D eigenvalue weighted by Crippen LogP contribution is 2.33. The molecule has 2 heterocycles. The molecule has 0 radical (unpaired) electrons. The van der Waals surface area contributed by atoms with Crippen molar-refractivity contribution in [3.63, 3.8) is 0 Å². The van der Waals surface area contributed by atoms with Gasteiger partial charge in [-0.2, -0.15) is 4.57 Å². The molecule has 2 aromatic heterocycles. The second kappa shape index (κ2) is 6.23. The van der Waals surface area contributed by atoms with E-state index in [0.29, 0.717) is 11.3 Å². The van der Waals surface area contributed by atoms with Gasteiger partial charge < -0.3 is 4.42 Å². The van der Waals surface area contributed by atoms with Gasteiger partial charge in [0.15, 0.2) is 11.9 Å². The van der Waals surface area contributed by atoms with Crippen LogP contribution in [0.1, 0.15) is 50.0 Å². The van der Waals surface area contributed by atoms with Crippen LogP contribution in [0.3, 0.4) is 0 Å². The largest absolute Gasteiger partial charge is 0.449 e. The summed E-state index contributed by atoms with van der Waals surface area (Å²) in [5.41, 5.74) is 3.32. The SMILES string of the molecule is [2H]C([2H])([2H])c1cc(C)[n+](-c2c(C)ccc3c2oc2ccccc23)cc1C([2H])([2H])C(C)(C)C. The number of hydrogen-bond donors (Lipinski definition) is 0. The smallest absolute Gasteiger partial charge is 0.257 e. The van der Waals surface area contributed by atoms with E-state index >= 15 is 0 Å². The maximum atomic E-state index is 8.85. The standard InChI is InChI=1S/C25H28NO/c1-16-11-12-21-20-9-7-8-10-22(20)27-24(21)23(16)26-15-19(14-25(4,5)6)17(2)13-18(26)3/h7-13,15H,14H2,1-6H3/q+1/i2D3,14D2. The zero-order valence-corrected chi connectivity index (χ0v) is 16.5. The van der Waals surface area contributed by atoms with Crippen molar-refractivity contribution in [1.82, 2.24) is 0 Å². The zero-order chi connectivity index (χ0) is 23.6. The first-order chi connectivity index (χ1) is 14.7. The summed E-state index contributed by atoms with van der Waals surface area (Å²) in [5, 5.41) is 1.97. The van der Waals surface area contributed by atoms with Gasteiger partial charge in [-0.05, 0) is 43.3 Å². The Hall–Kier alpha value is -2.61. The van der Waals surface area contributed by atoms with Gasteiger partial charge in [-0.3, -0.25) is 0 Å². The van der Waals surface area contributed by atoms with Gasteiger partial charge in [-0.1, -0.05) is 45.0 Å². The molecule has 0 saturated heterocycles. The molecule has 0 fully saturated rings. The normalized spacial score (nSPS) is 16.0. The maximum absolute atomic E-state index is 8.85. The lowest BCUT2D eigenvalue weighted by atomic mass is 9.87. The van der Waals surface area contributed by atoms with Crippen molar-refractivity contribution in [2.75, 3.05) is 0 Å². The van der Waals surface area contributed by atoms with Gasteiger partial charge >= 0.3 is 0 Å². The predicted octanol–water partition coefficient (Wildman–Crippen LogP) is 6.38. The molecule has 138 valence electrons. The first-order valence-electron chi connectivity index (χ1n) is 11.7. The topological polar surface area (TPSA) is 17.0 Å². The van der Waals surface area contributed by atoms with Crippen LogP contribution in [0, 0.1) is 26.1 Å². The molecule has 4 rings (SSSR count). The van der Waals surface area contributed by atoms with Gasteiger partial charge in [0.2, 0.25) is 5.58 Å². The second-order valence-electron chi connectivity index (χ2n) is 8.19. The van der Waals surface area contributed by atoms with Crippen molar-refractivity contribution in [3.05, 3.63) is 71.0 Å². The molecular weight excluding hydrogens is 330 g/mol. The fourth-order valence-corrected chi connectivity index (χ4v) is 3.57. The average molecular weight is 364 g/mol. The molecule has 0 amide bonds. The van der Waals surface area contributed by atoms with E-state index in [2.05, 4.69) is 0 Å². The first kappa shape index (κ1) is 12.7. The lowest BCUT2D eigenvalue weighted by Gasteiger charge is -2.19. The summed E-state index contributed by atoms with van der Waals surface area (Å²) in [6.07, 6.45) is -0.223. The van der Waals surface area contributed by atoms with Crippen molar-refractivity contribution in [2.24, 2.45) is 5.41 Å². The minimum Gasteiger partial charge on any atom is -0.449 e. The Morgan fingerprint density at radius 1 is 1.04 bits per heavy atom. The van der Waals surface area contributed by atoms with Crippen LogP contribution in [0.4, 0.5) is 0 Å². The molecule has 27 heavy (non-hydrogen) atoms. The van der Waals surface area contributed by atoms with Crippen molar-refractivity contribution >= 4 is 21.9 Å². The summed E-state index contributed by atoms with van der Waals surface area (Å²) in [6, 6.07) is 13.5. The molecule has 2 heteroatoms. The molecule has 2 aromatic carbocycles. The Kier molecular flexibility index (Phi) is 2.93. The second-order valence-corrected chi connectivity index (χ2v) is 8.19. The van der Waals surface area contributed by atoms with E-state index in [1.807, 2.05) is 54.8 Å². The predicted molar refractivity (Wildman–Crippen MR) is 113 cm³/mol. The van der Waals surface area contributed by atoms with Gasteiger partial charge in [0.25, 0.3) is 5.69 Å². The third-order valence-electron chi connectivity index (χ3n) is 4.75. The Balaban J connectivity index is 2.11. The molecular formula is C25H28NO+. The van der Waals surface area contributed by atoms with Crippen LogP contribution in [0.5, 0.6) is 0 Å². The molecule has 0 aliphatic rings. The minimum absolute atomic E-state index is 0.0422. The lowest BCUT2D eigenvalue weighted by molar-refractivity contribution is -0.602. The van der Waals surface area contributed by atoms with Gasteiger partial charge in [-0.15, -0.1) is 0 Å². The number of fused-ring (bicyclic) bond motifs is 3. The van der Waals surface area contributed by atoms with E-state index in [1.165, 1.54) is 0 Å². The first-order valence-corrected chi connectivity index (χ1v) is 9.22. The monoisotopic (exact) mass is 363 g/mol. The van der Waals surface area contributed by atoms with Gasteiger partial charge in [0, 0.05) is 41.7 Å². The Morgan fingerprint density at radius 2 is 1.81 bits per heavy atom. The fraction of sp³-hybridized carbons (Fsp3) is 0.320. The molecule has 4 aromatic rings. The van der Waals surface area contributed by atoms with Crippen molar-refractivity contribution < 1.29 is 15.8 Å². The van der Waals surface area contributed by atoms with Crippen LogP contribution in [-0.2, 0) is 6.37 Å². The number of benzene rings is 2. The number of nitrogens with zero attached hydrogens (tertiary/aromatic N) is 1. The molecule has 0 N–H and O–H groups in total. The zero-order valence-electron chi connectivity index (χ0n) is 21.5. The fourth-order valence-electron chi connectivity index (χ4n) is 3.57. The molecule has 0 atom stereocenters.